The van der Waals surface area contributed by atoms with Gasteiger partial charge in [0.2, 0.25) is 5.91 Å². The number of carbonyl (C=O) groups is 2. The van der Waals surface area contributed by atoms with Gasteiger partial charge in [-0.15, -0.1) is 0 Å². The first-order valence-electron chi connectivity index (χ1n) is 14.3. The van der Waals surface area contributed by atoms with E-state index in [2.05, 4.69) is 33.8 Å². The molecular formula is C33H45N7O4. The van der Waals surface area contributed by atoms with Crippen molar-refractivity contribution in [2.45, 2.75) is 59.8 Å². The molecule has 0 aliphatic carbocycles. The highest BCUT2D eigenvalue weighted by atomic mass is 16.6. The predicted molar refractivity (Wildman–Crippen MR) is 176 cm³/mol. The van der Waals surface area contributed by atoms with Gasteiger partial charge in [-0.1, -0.05) is 37.8 Å². The third-order valence-corrected chi connectivity index (χ3v) is 6.08. The number of carbonyl (C=O) groups excluding carboxylic acids is 2. The average Bonchev–Trinajstić information content (AvgIpc) is 2.97. The third kappa shape index (κ3) is 11.7. The Kier molecular flexibility index (Phi) is 13.3. The number of rotatable bonds is 14. The minimum Gasteiger partial charge on any atom is -0.443 e. The summed E-state index contributed by atoms with van der Waals surface area (Å²) in [6.07, 6.45) is 7.61. The van der Waals surface area contributed by atoms with Crippen LogP contribution in [0, 0.1) is 6.92 Å². The number of hydrogen-bond acceptors (Lipinski definition) is 8. The van der Waals surface area contributed by atoms with Crippen molar-refractivity contribution >= 4 is 29.7 Å². The van der Waals surface area contributed by atoms with E-state index in [1.807, 2.05) is 59.8 Å². The summed E-state index contributed by atoms with van der Waals surface area (Å²) in [5, 5.41) is 5.92. The van der Waals surface area contributed by atoms with Gasteiger partial charge < -0.3 is 25.0 Å². The number of aryl methyl sites for hydroxylation is 1. The molecule has 1 atom stereocenters. The Morgan fingerprint density at radius 1 is 1.16 bits per heavy atom. The molecule has 44 heavy (non-hydrogen) atoms. The maximum Gasteiger partial charge on any atom is 0.416 e. The van der Waals surface area contributed by atoms with E-state index >= 15 is 0 Å². The van der Waals surface area contributed by atoms with Gasteiger partial charge in [-0.25, -0.2) is 19.8 Å². The maximum absolute atomic E-state index is 13.5. The van der Waals surface area contributed by atoms with Crippen LogP contribution in [-0.2, 0) is 9.53 Å². The molecule has 0 aliphatic heterocycles. The fourth-order valence-electron chi connectivity index (χ4n) is 3.46. The summed E-state index contributed by atoms with van der Waals surface area (Å²) in [5.74, 6) is 0.0295. The van der Waals surface area contributed by atoms with Crippen LogP contribution in [0.2, 0.25) is 0 Å². The number of ether oxygens (including phenoxy) is 2. The molecule has 0 spiro atoms. The normalized spacial score (nSPS) is 12.7. The lowest BCUT2D eigenvalue weighted by atomic mass is 10.1. The second-order valence-corrected chi connectivity index (χ2v) is 10.9. The van der Waals surface area contributed by atoms with E-state index in [0.29, 0.717) is 17.9 Å². The second-order valence-electron chi connectivity index (χ2n) is 10.9. The van der Waals surface area contributed by atoms with Crippen molar-refractivity contribution in [2.75, 3.05) is 26.0 Å². The lowest BCUT2D eigenvalue weighted by molar-refractivity contribution is -0.111. The quantitative estimate of drug-likeness (QED) is 0.0684. The van der Waals surface area contributed by atoms with E-state index in [1.165, 1.54) is 11.0 Å². The molecule has 1 aromatic carbocycles. The molecule has 2 aromatic rings. The molecule has 0 aliphatic rings. The number of nitrogens with zero attached hydrogens (tertiary/aromatic N) is 5. The van der Waals surface area contributed by atoms with Crippen molar-refractivity contribution in [2.24, 2.45) is 4.99 Å². The van der Waals surface area contributed by atoms with Gasteiger partial charge >= 0.3 is 12.1 Å². The van der Waals surface area contributed by atoms with E-state index in [0.717, 1.165) is 22.5 Å². The molecule has 11 heteroatoms. The number of hydrogen-bond donors (Lipinski definition) is 2. The summed E-state index contributed by atoms with van der Waals surface area (Å²) in [5.41, 5.74) is 3.13. The Morgan fingerprint density at radius 2 is 1.84 bits per heavy atom. The Labute approximate surface area is 261 Å². The summed E-state index contributed by atoms with van der Waals surface area (Å²) >= 11 is 0. The van der Waals surface area contributed by atoms with E-state index in [9.17, 15) is 9.59 Å². The summed E-state index contributed by atoms with van der Waals surface area (Å²) in [7, 11) is 3.59. The number of amides is 2. The lowest BCUT2D eigenvalue weighted by Crippen LogP contribution is -2.38. The van der Waals surface area contributed by atoms with Gasteiger partial charge in [0.1, 0.15) is 11.4 Å². The van der Waals surface area contributed by atoms with Crippen LogP contribution >= 0.6 is 0 Å². The zero-order valence-corrected chi connectivity index (χ0v) is 27.0. The van der Waals surface area contributed by atoms with E-state index in [-0.39, 0.29) is 18.5 Å². The Bertz CT molecular complexity index is 1390. The molecular weight excluding hydrogens is 558 g/mol. The van der Waals surface area contributed by atoms with Crippen molar-refractivity contribution < 1.29 is 19.1 Å². The van der Waals surface area contributed by atoms with E-state index in [1.54, 1.807) is 55.8 Å². The highest BCUT2D eigenvalue weighted by Gasteiger charge is 2.25. The SMILES string of the molecule is C=CC(=O)Nc1ccc(/C(=C/C=C(/N=CN(C)C(C)Oc2nccc(C)n2)N(CC(=C)CC)C(=O)OC(C)(C)C)NC)cc1. The van der Waals surface area contributed by atoms with Gasteiger partial charge in [-0.05, 0) is 83.0 Å². The van der Waals surface area contributed by atoms with Crippen molar-refractivity contribution in [1.29, 1.82) is 0 Å². The van der Waals surface area contributed by atoms with Crippen molar-refractivity contribution in [3.05, 3.63) is 90.6 Å². The molecule has 236 valence electrons. The number of aromatic nitrogens is 2. The van der Waals surface area contributed by atoms with Crippen LogP contribution in [0.15, 0.2) is 84.3 Å². The summed E-state index contributed by atoms with van der Waals surface area (Å²) in [6.45, 7) is 18.9. The molecule has 0 radical (unpaired) electrons. The molecule has 0 fully saturated rings. The van der Waals surface area contributed by atoms with Crippen LogP contribution < -0.4 is 15.4 Å². The minimum absolute atomic E-state index is 0.210. The highest BCUT2D eigenvalue weighted by molar-refractivity contribution is 5.98. The number of anilines is 1. The maximum atomic E-state index is 13.5. The van der Waals surface area contributed by atoms with Gasteiger partial charge in [0.15, 0.2) is 6.23 Å². The fraction of sp³-hybridized carbons (Fsp3) is 0.364. The van der Waals surface area contributed by atoms with Crippen LogP contribution in [-0.4, -0.2) is 70.6 Å². The second kappa shape index (κ2) is 16.6. The standard InChI is InChI=1S/C33H45N7O4/c1-11-23(3)21-40(32(42)44-33(6,7)8)29(36-22-39(10)25(5)43-31-35-20-19-24(4)37-31)18-17-28(34-9)26-13-15-27(16-14-26)38-30(41)12-2/h12-20,22,25,34H,2-3,11,21H2,1,4-10H3,(H,38,41)/b28-17-,29-18-,36-22?. The fourth-order valence-corrected chi connectivity index (χ4v) is 3.46. The minimum atomic E-state index is -0.723. The Morgan fingerprint density at radius 3 is 2.41 bits per heavy atom. The molecule has 1 unspecified atom stereocenters. The smallest absolute Gasteiger partial charge is 0.416 e. The van der Waals surface area contributed by atoms with Crippen LogP contribution in [0.25, 0.3) is 5.70 Å². The van der Waals surface area contributed by atoms with Crippen molar-refractivity contribution in [3.8, 4) is 6.01 Å². The molecule has 0 bridgehead atoms. The number of allylic oxidation sites excluding steroid dienone is 2. The molecule has 0 saturated carbocycles. The number of aliphatic imine (C=N–C) groups is 1. The molecule has 1 aromatic heterocycles. The van der Waals surface area contributed by atoms with Crippen LogP contribution in [0.1, 0.15) is 52.3 Å². The Hall–Kier alpha value is -4.93. The van der Waals surface area contributed by atoms with E-state index < -0.39 is 17.9 Å². The molecule has 2 N–H and O–H groups in total. The largest absolute Gasteiger partial charge is 0.443 e. The van der Waals surface area contributed by atoms with Gasteiger partial charge in [0, 0.05) is 37.4 Å². The van der Waals surface area contributed by atoms with Crippen molar-refractivity contribution in [3.63, 3.8) is 0 Å². The van der Waals surface area contributed by atoms with Gasteiger partial charge in [0.25, 0.3) is 0 Å². The molecule has 2 amide bonds. The summed E-state index contributed by atoms with van der Waals surface area (Å²) in [4.78, 5) is 41.4. The van der Waals surface area contributed by atoms with E-state index in [4.69, 9.17) is 14.5 Å². The van der Waals surface area contributed by atoms with Gasteiger partial charge in [-0.3, -0.25) is 9.69 Å². The summed E-state index contributed by atoms with van der Waals surface area (Å²) in [6, 6.07) is 9.34. The van der Waals surface area contributed by atoms with Crippen LogP contribution in [0.4, 0.5) is 10.5 Å². The first kappa shape index (κ1) is 35.3. The average molecular weight is 604 g/mol. The zero-order chi connectivity index (χ0) is 32.9. The van der Waals surface area contributed by atoms with Crippen LogP contribution in [0.3, 0.4) is 0 Å². The van der Waals surface area contributed by atoms with Crippen molar-refractivity contribution in [1.82, 2.24) is 25.1 Å². The predicted octanol–water partition coefficient (Wildman–Crippen LogP) is 5.90. The molecule has 0 saturated heterocycles. The molecule has 2 rings (SSSR count). The monoisotopic (exact) mass is 603 g/mol. The highest BCUT2D eigenvalue weighted by Crippen LogP contribution is 2.20. The Balaban J connectivity index is 2.51. The topological polar surface area (TPSA) is 121 Å². The third-order valence-electron chi connectivity index (χ3n) is 6.08. The summed E-state index contributed by atoms with van der Waals surface area (Å²) < 4.78 is 11.6. The number of nitrogens with one attached hydrogen (secondary N) is 2. The number of benzene rings is 1. The zero-order valence-electron chi connectivity index (χ0n) is 27.0. The molecule has 1 heterocycles. The van der Waals surface area contributed by atoms with Gasteiger partial charge in [-0.2, -0.15) is 0 Å². The molecule has 11 nitrogen and oxygen atoms in total. The van der Waals surface area contributed by atoms with Gasteiger partial charge in [0.05, 0.1) is 12.9 Å². The first-order chi connectivity index (χ1) is 20.8. The van der Waals surface area contributed by atoms with Crippen LogP contribution in [0.5, 0.6) is 6.01 Å². The lowest BCUT2D eigenvalue weighted by Gasteiger charge is -2.28. The first-order valence-corrected chi connectivity index (χ1v) is 14.3.